The Morgan fingerprint density at radius 2 is 2.07 bits per heavy atom. The van der Waals surface area contributed by atoms with Crippen LogP contribution < -0.4 is 0 Å². The third-order valence-electron chi connectivity index (χ3n) is 5.50. The molecule has 0 radical (unpaired) electrons. The van der Waals surface area contributed by atoms with E-state index in [1.807, 2.05) is 41.6 Å². The summed E-state index contributed by atoms with van der Waals surface area (Å²) in [5.41, 5.74) is 1.62. The van der Waals surface area contributed by atoms with E-state index in [4.69, 9.17) is 4.74 Å². The van der Waals surface area contributed by atoms with E-state index in [0.717, 1.165) is 48.9 Å². The number of piperidine rings is 1. The van der Waals surface area contributed by atoms with Crippen LogP contribution in [-0.4, -0.2) is 57.5 Å². The summed E-state index contributed by atoms with van der Waals surface area (Å²) in [5.74, 6) is 0.184. The summed E-state index contributed by atoms with van der Waals surface area (Å²) in [7, 11) is 0. The van der Waals surface area contributed by atoms with Gasteiger partial charge in [0.15, 0.2) is 0 Å². The monoisotopic (exact) mass is 386 g/mol. The van der Waals surface area contributed by atoms with E-state index in [1.165, 1.54) is 0 Å². The van der Waals surface area contributed by atoms with Gasteiger partial charge in [-0.15, -0.1) is 11.3 Å². The molecule has 0 saturated carbocycles. The van der Waals surface area contributed by atoms with E-state index in [-0.39, 0.29) is 11.5 Å². The van der Waals surface area contributed by atoms with E-state index >= 15 is 0 Å². The fourth-order valence-electron chi connectivity index (χ4n) is 3.95. The maximum Gasteiger partial charge on any atom is 0.225 e. The number of thiazole rings is 1. The first-order valence-corrected chi connectivity index (χ1v) is 10.4. The van der Waals surface area contributed by atoms with Crippen molar-refractivity contribution < 1.29 is 9.53 Å². The third-order valence-corrected chi connectivity index (χ3v) is 6.27. The molecule has 0 N–H and O–H groups in total. The lowest BCUT2D eigenvalue weighted by atomic mass is 9.87. The lowest BCUT2D eigenvalue weighted by Gasteiger charge is -2.40. The zero-order valence-electron chi connectivity index (χ0n) is 15.8. The van der Waals surface area contributed by atoms with Gasteiger partial charge in [-0.25, -0.2) is 4.98 Å². The molecule has 144 valence electrons. The summed E-state index contributed by atoms with van der Waals surface area (Å²) in [6, 6.07) is 5.96. The topological polar surface area (TPSA) is 58.6 Å². The van der Waals surface area contributed by atoms with Crippen LogP contribution in [0.15, 0.2) is 29.8 Å². The zero-order valence-corrected chi connectivity index (χ0v) is 16.6. The number of aromatic nitrogens is 2. The quantitative estimate of drug-likeness (QED) is 0.808. The molecule has 27 heavy (non-hydrogen) atoms. The number of pyridine rings is 1. The molecular formula is C20H26N4O2S. The Hall–Kier alpha value is -1.83. The normalized spacial score (nSPS) is 20.8. The number of aryl methyl sites for hydroxylation is 1. The predicted molar refractivity (Wildman–Crippen MR) is 104 cm³/mol. The minimum Gasteiger partial charge on any atom is -0.373 e. The van der Waals surface area contributed by atoms with Gasteiger partial charge in [-0.1, -0.05) is 6.07 Å². The molecular weight excluding hydrogens is 360 g/mol. The summed E-state index contributed by atoms with van der Waals surface area (Å²) in [4.78, 5) is 26.1. The summed E-state index contributed by atoms with van der Waals surface area (Å²) in [5, 5.41) is 3.17. The first-order chi connectivity index (χ1) is 13.1. The van der Waals surface area contributed by atoms with E-state index in [9.17, 15) is 4.79 Å². The van der Waals surface area contributed by atoms with Crippen LogP contribution in [0.4, 0.5) is 0 Å². The van der Waals surface area contributed by atoms with Gasteiger partial charge in [0.25, 0.3) is 0 Å². The van der Waals surface area contributed by atoms with Gasteiger partial charge in [-0.2, -0.15) is 0 Å². The standard InChI is InChI=1S/C20H26N4O2S/c1-16-3-2-4-17(22-16)14-24-10-11-26-20(13-19(24)25)5-8-23(9-6-20)15-18-21-7-12-27-18/h2-4,7,12H,5-6,8-11,13-15H2,1H3. The highest BCUT2D eigenvalue weighted by atomic mass is 32.1. The van der Waals surface area contributed by atoms with Crippen LogP contribution >= 0.6 is 11.3 Å². The van der Waals surface area contributed by atoms with E-state index < -0.39 is 0 Å². The van der Waals surface area contributed by atoms with Gasteiger partial charge in [0, 0.05) is 36.9 Å². The van der Waals surface area contributed by atoms with Crippen molar-refractivity contribution in [3.8, 4) is 0 Å². The molecule has 2 fully saturated rings. The molecule has 2 aromatic heterocycles. The number of rotatable bonds is 4. The fourth-order valence-corrected chi connectivity index (χ4v) is 4.61. The van der Waals surface area contributed by atoms with Gasteiger partial charge in [-0.3, -0.25) is 14.7 Å². The highest BCUT2D eigenvalue weighted by molar-refractivity contribution is 7.09. The minimum atomic E-state index is -0.300. The number of amides is 1. The minimum absolute atomic E-state index is 0.184. The second kappa shape index (κ2) is 8.04. The number of likely N-dealkylation sites (tertiary alicyclic amines) is 1. The van der Waals surface area contributed by atoms with Gasteiger partial charge in [0.2, 0.25) is 5.91 Å². The van der Waals surface area contributed by atoms with Crippen LogP contribution in [0.3, 0.4) is 0 Å². The van der Waals surface area contributed by atoms with Crippen LogP contribution in [0, 0.1) is 6.92 Å². The maximum absolute atomic E-state index is 12.9. The van der Waals surface area contributed by atoms with Crippen LogP contribution in [0.5, 0.6) is 0 Å². The van der Waals surface area contributed by atoms with Crippen molar-refractivity contribution in [2.75, 3.05) is 26.2 Å². The Morgan fingerprint density at radius 1 is 1.22 bits per heavy atom. The van der Waals surface area contributed by atoms with Gasteiger partial charge in [-0.05, 0) is 31.9 Å². The summed E-state index contributed by atoms with van der Waals surface area (Å²) < 4.78 is 6.25. The van der Waals surface area contributed by atoms with Crippen LogP contribution in [0.25, 0.3) is 0 Å². The Kier molecular flexibility index (Phi) is 5.52. The lowest BCUT2D eigenvalue weighted by molar-refractivity contribution is -0.136. The Labute approximate surface area is 164 Å². The molecule has 1 spiro atoms. The highest BCUT2D eigenvalue weighted by Crippen LogP contribution is 2.33. The summed E-state index contributed by atoms with van der Waals surface area (Å²) >= 11 is 1.70. The van der Waals surface area contributed by atoms with Crippen LogP contribution in [0.2, 0.25) is 0 Å². The molecule has 2 aromatic rings. The predicted octanol–water partition coefficient (Wildman–Crippen LogP) is 2.63. The fraction of sp³-hybridized carbons (Fsp3) is 0.550. The molecule has 4 rings (SSSR count). The summed E-state index contributed by atoms with van der Waals surface area (Å²) in [6.45, 7) is 6.58. The Morgan fingerprint density at radius 3 is 2.81 bits per heavy atom. The van der Waals surface area contributed by atoms with Crippen LogP contribution in [0.1, 0.15) is 35.7 Å². The number of hydrogen-bond donors (Lipinski definition) is 0. The molecule has 0 atom stereocenters. The molecule has 2 aliphatic rings. The van der Waals surface area contributed by atoms with E-state index in [1.54, 1.807) is 11.3 Å². The van der Waals surface area contributed by atoms with Crippen molar-refractivity contribution in [2.45, 2.75) is 44.9 Å². The largest absolute Gasteiger partial charge is 0.373 e. The SMILES string of the molecule is Cc1cccc(CN2CCOC3(CCN(Cc4nccs4)CC3)CC2=O)n1. The van der Waals surface area contributed by atoms with Gasteiger partial charge < -0.3 is 9.64 Å². The Balaban J connectivity index is 1.35. The van der Waals surface area contributed by atoms with Crippen molar-refractivity contribution in [2.24, 2.45) is 0 Å². The molecule has 0 aliphatic carbocycles. The number of ether oxygens (including phenoxy) is 1. The summed E-state index contributed by atoms with van der Waals surface area (Å²) in [6.07, 6.45) is 4.14. The lowest BCUT2D eigenvalue weighted by Crippen LogP contribution is -2.47. The van der Waals surface area contributed by atoms with Crippen molar-refractivity contribution in [3.05, 3.63) is 46.2 Å². The smallest absolute Gasteiger partial charge is 0.225 e. The van der Waals surface area contributed by atoms with Gasteiger partial charge in [0.1, 0.15) is 5.01 Å². The first-order valence-electron chi connectivity index (χ1n) is 9.57. The van der Waals surface area contributed by atoms with Crippen molar-refractivity contribution in [3.63, 3.8) is 0 Å². The van der Waals surface area contributed by atoms with Crippen molar-refractivity contribution in [1.82, 2.24) is 19.8 Å². The first kappa shape index (κ1) is 18.5. The molecule has 4 heterocycles. The van der Waals surface area contributed by atoms with Gasteiger partial charge in [0.05, 0.1) is 37.4 Å². The molecule has 7 heteroatoms. The zero-order chi connectivity index (χ0) is 18.7. The molecule has 2 aliphatic heterocycles. The average molecular weight is 387 g/mol. The second-order valence-corrected chi connectivity index (χ2v) is 8.47. The number of carbonyl (C=O) groups is 1. The molecule has 0 unspecified atom stereocenters. The molecule has 6 nitrogen and oxygen atoms in total. The number of carbonyl (C=O) groups excluding carboxylic acids is 1. The van der Waals surface area contributed by atoms with Crippen molar-refractivity contribution >= 4 is 17.2 Å². The number of hydrogen-bond acceptors (Lipinski definition) is 6. The molecule has 2 saturated heterocycles. The molecule has 0 bridgehead atoms. The molecule has 1 amide bonds. The van der Waals surface area contributed by atoms with E-state index in [2.05, 4.69) is 14.9 Å². The van der Waals surface area contributed by atoms with Crippen molar-refractivity contribution in [1.29, 1.82) is 0 Å². The van der Waals surface area contributed by atoms with Gasteiger partial charge >= 0.3 is 0 Å². The maximum atomic E-state index is 12.9. The average Bonchev–Trinajstić information content (AvgIpc) is 3.11. The third kappa shape index (κ3) is 4.54. The van der Waals surface area contributed by atoms with Crippen LogP contribution in [-0.2, 0) is 22.6 Å². The van der Waals surface area contributed by atoms with E-state index in [0.29, 0.717) is 26.1 Å². The second-order valence-electron chi connectivity index (χ2n) is 7.50. The Bertz CT molecular complexity index is 772. The molecule has 0 aromatic carbocycles. The number of nitrogens with zero attached hydrogens (tertiary/aromatic N) is 4. The highest BCUT2D eigenvalue weighted by Gasteiger charge is 2.40.